The van der Waals surface area contributed by atoms with Crippen molar-refractivity contribution >= 4 is 21.0 Å². The Morgan fingerprint density at radius 3 is 1.79 bits per heavy atom. The molecule has 0 atom stereocenters. The molecule has 0 saturated carbocycles. The Hall–Kier alpha value is -0.923. The lowest BCUT2D eigenvalue weighted by atomic mass is 10.9. The summed E-state index contributed by atoms with van der Waals surface area (Å²) in [4.78, 5) is 21.5. The number of carbonyl (C=O) groups is 2. The molecular weight excluding hydrogens is 208 g/mol. The largest absolute Gasteiger partial charge is 0.824 e. The van der Waals surface area contributed by atoms with Crippen LogP contribution in [0.5, 0.6) is 0 Å². The predicted octanol–water partition coefficient (Wildman–Crippen LogP) is 0.231. The first-order valence-corrected chi connectivity index (χ1v) is 5.67. The standard InChI is InChI=1S/C7H14O6Si/c1-5-11-14(10-4,12-6(2)8)13-7(3)9/h5H2,1-4H3. The van der Waals surface area contributed by atoms with Crippen LogP contribution in [0.3, 0.4) is 0 Å². The molecule has 14 heavy (non-hydrogen) atoms. The third-order valence-electron chi connectivity index (χ3n) is 1.11. The first kappa shape index (κ1) is 13.1. The van der Waals surface area contributed by atoms with Crippen molar-refractivity contribution in [2.24, 2.45) is 0 Å². The second kappa shape index (κ2) is 5.73. The molecule has 0 unspecified atom stereocenters. The Bertz CT molecular complexity index is 200. The van der Waals surface area contributed by atoms with Crippen LogP contribution in [0.2, 0.25) is 0 Å². The molecule has 0 aromatic rings. The quantitative estimate of drug-likeness (QED) is 0.620. The summed E-state index contributed by atoms with van der Waals surface area (Å²) >= 11 is 0. The molecule has 0 bridgehead atoms. The molecule has 0 fully saturated rings. The van der Waals surface area contributed by atoms with Gasteiger partial charge in [0.25, 0.3) is 11.9 Å². The van der Waals surface area contributed by atoms with Gasteiger partial charge in [0.2, 0.25) is 0 Å². The van der Waals surface area contributed by atoms with E-state index in [9.17, 15) is 9.59 Å². The van der Waals surface area contributed by atoms with Gasteiger partial charge in [-0.1, -0.05) is 0 Å². The van der Waals surface area contributed by atoms with E-state index in [1.807, 2.05) is 0 Å². The van der Waals surface area contributed by atoms with E-state index >= 15 is 0 Å². The molecule has 82 valence electrons. The van der Waals surface area contributed by atoms with E-state index in [0.29, 0.717) is 0 Å². The van der Waals surface area contributed by atoms with Crippen molar-refractivity contribution in [2.45, 2.75) is 20.8 Å². The van der Waals surface area contributed by atoms with E-state index in [4.69, 9.17) is 17.7 Å². The van der Waals surface area contributed by atoms with E-state index in [2.05, 4.69) is 0 Å². The molecule has 0 aliphatic carbocycles. The summed E-state index contributed by atoms with van der Waals surface area (Å²) in [5, 5.41) is 0. The summed E-state index contributed by atoms with van der Waals surface area (Å²) in [6.07, 6.45) is 0. The van der Waals surface area contributed by atoms with Gasteiger partial charge in [0, 0.05) is 27.6 Å². The highest BCUT2D eigenvalue weighted by Crippen LogP contribution is 2.11. The fraction of sp³-hybridized carbons (Fsp3) is 0.714. The second-order valence-electron chi connectivity index (χ2n) is 2.32. The maximum absolute atomic E-state index is 10.7. The maximum Gasteiger partial charge on any atom is 0.824 e. The molecule has 0 N–H and O–H groups in total. The lowest BCUT2D eigenvalue weighted by molar-refractivity contribution is -0.149. The number of hydrogen-bond donors (Lipinski definition) is 0. The average molecular weight is 222 g/mol. The highest BCUT2D eigenvalue weighted by molar-refractivity contribution is 6.57. The Labute approximate surface area is 83.6 Å². The highest BCUT2D eigenvalue weighted by Gasteiger charge is 2.52. The van der Waals surface area contributed by atoms with Gasteiger partial charge in [-0.3, -0.25) is 9.59 Å². The highest BCUT2D eigenvalue weighted by atomic mass is 28.4. The Kier molecular flexibility index (Phi) is 5.36. The summed E-state index contributed by atoms with van der Waals surface area (Å²) in [6, 6.07) is 0. The molecule has 0 aliphatic heterocycles. The van der Waals surface area contributed by atoms with Crippen molar-refractivity contribution in [3.05, 3.63) is 0 Å². The minimum Gasteiger partial charge on any atom is -0.442 e. The van der Waals surface area contributed by atoms with Gasteiger partial charge in [0.05, 0.1) is 0 Å². The fourth-order valence-electron chi connectivity index (χ4n) is 0.751. The monoisotopic (exact) mass is 222 g/mol. The van der Waals surface area contributed by atoms with Gasteiger partial charge >= 0.3 is 9.05 Å². The normalized spacial score (nSPS) is 10.9. The number of carbonyl (C=O) groups excluding carboxylic acids is 2. The zero-order chi connectivity index (χ0) is 11.2. The van der Waals surface area contributed by atoms with E-state index in [1.54, 1.807) is 6.92 Å². The third kappa shape index (κ3) is 4.35. The molecule has 0 radical (unpaired) electrons. The van der Waals surface area contributed by atoms with E-state index in [-0.39, 0.29) is 6.61 Å². The van der Waals surface area contributed by atoms with Gasteiger partial charge in [0.1, 0.15) is 0 Å². The zero-order valence-electron chi connectivity index (χ0n) is 8.66. The van der Waals surface area contributed by atoms with Gasteiger partial charge in [-0.05, 0) is 6.92 Å². The zero-order valence-corrected chi connectivity index (χ0v) is 9.66. The van der Waals surface area contributed by atoms with Crippen molar-refractivity contribution in [1.29, 1.82) is 0 Å². The number of rotatable bonds is 5. The van der Waals surface area contributed by atoms with E-state index < -0.39 is 21.0 Å². The lowest BCUT2D eigenvalue weighted by Crippen LogP contribution is -2.50. The van der Waals surface area contributed by atoms with Crippen LogP contribution in [0.1, 0.15) is 20.8 Å². The van der Waals surface area contributed by atoms with Crippen LogP contribution in [-0.2, 0) is 27.3 Å². The van der Waals surface area contributed by atoms with Crippen LogP contribution in [0.4, 0.5) is 0 Å². The van der Waals surface area contributed by atoms with Crippen LogP contribution in [0, 0.1) is 0 Å². The smallest absolute Gasteiger partial charge is 0.442 e. The maximum atomic E-state index is 10.7. The fourth-order valence-corrected chi connectivity index (χ4v) is 2.25. The number of hydrogen-bond acceptors (Lipinski definition) is 6. The molecular formula is C7H14O6Si. The minimum atomic E-state index is -3.59. The van der Waals surface area contributed by atoms with Crippen LogP contribution >= 0.6 is 0 Å². The summed E-state index contributed by atoms with van der Waals surface area (Å²) in [6.45, 7) is 4.26. The molecule has 0 saturated heterocycles. The van der Waals surface area contributed by atoms with Crippen molar-refractivity contribution in [1.82, 2.24) is 0 Å². The molecule has 0 aromatic heterocycles. The molecule has 0 amide bonds. The van der Waals surface area contributed by atoms with E-state index in [0.717, 1.165) is 0 Å². The Balaban J connectivity index is 4.58. The van der Waals surface area contributed by atoms with Gasteiger partial charge in [-0.25, -0.2) is 0 Å². The van der Waals surface area contributed by atoms with Crippen LogP contribution < -0.4 is 0 Å². The second-order valence-corrected chi connectivity index (χ2v) is 4.43. The summed E-state index contributed by atoms with van der Waals surface area (Å²) in [5.41, 5.74) is 0. The molecule has 0 spiro atoms. The summed E-state index contributed by atoms with van der Waals surface area (Å²) in [7, 11) is -2.34. The van der Waals surface area contributed by atoms with Crippen molar-refractivity contribution in [3.8, 4) is 0 Å². The third-order valence-corrected chi connectivity index (χ3v) is 3.33. The molecule has 6 nitrogen and oxygen atoms in total. The minimum absolute atomic E-state index is 0.223. The van der Waals surface area contributed by atoms with Gasteiger partial charge in [0.15, 0.2) is 0 Å². The average Bonchev–Trinajstić information content (AvgIpc) is 2.02. The summed E-state index contributed by atoms with van der Waals surface area (Å²) < 4.78 is 19.4. The first-order chi connectivity index (χ1) is 6.45. The molecule has 7 heteroatoms. The van der Waals surface area contributed by atoms with Crippen molar-refractivity contribution in [3.63, 3.8) is 0 Å². The molecule has 0 aliphatic rings. The topological polar surface area (TPSA) is 71.1 Å². The summed E-state index contributed by atoms with van der Waals surface area (Å²) in [5.74, 6) is -1.23. The molecule has 0 aromatic carbocycles. The predicted molar refractivity (Wildman–Crippen MR) is 47.9 cm³/mol. The lowest BCUT2D eigenvalue weighted by Gasteiger charge is -2.23. The van der Waals surface area contributed by atoms with Crippen LogP contribution in [-0.4, -0.2) is 34.7 Å². The van der Waals surface area contributed by atoms with Crippen molar-refractivity contribution in [2.75, 3.05) is 13.7 Å². The first-order valence-electron chi connectivity index (χ1n) is 4.04. The van der Waals surface area contributed by atoms with Crippen molar-refractivity contribution < 1.29 is 27.3 Å². The molecule has 0 rings (SSSR count). The van der Waals surface area contributed by atoms with Gasteiger partial charge in [-0.15, -0.1) is 0 Å². The van der Waals surface area contributed by atoms with Crippen LogP contribution in [0.25, 0.3) is 0 Å². The van der Waals surface area contributed by atoms with Gasteiger partial charge < -0.3 is 17.7 Å². The Morgan fingerprint density at radius 2 is 1.57 bits per heavy atom. The van der Waals surface area contributed by atoms with Gasteiger partial charge in [-0.2, -0.15) is 0 Å². The van der Waals surface area contributed by atoms with Crippen LogP contribution in [0.15, 0.2) is 0 Å². The van der Waals surface area contributed by atoms with E-state index in [1.165, 1.54) is 21.0 Å². The molecule has 0 heterocycles. The SMILES string of the molecule is CCO[Si](OC)(OC(C)=O)OC(C)=O. The Morgan fingerprint density at radius 1 is 1.14 bits per heavy atom.